The first-order valence-corrected chi connectivity index (χ1v) is 14.8. The molecule has 0 aliphatic carbocycles. The normalized spacial score (nSPS) is 18.2. The molecule has 3 heterocycles. The Labute approximate surface area is 246 Å². The summed E-state index contributed by atoms with van der Waals surface area (Å²) in [6.45, 7) is 13.1. The van der Waals surface area contributed by atoms with Crippen molar-refractivity contribution in [2.45, 2.75) is 59.2 Å². The molecular formula is C31H39ClN4O3S. The summed E-state index contributed by atoms with van der Waals surface area (Å²) in [5.74, 6) is -0.489. The van der Waals surface area contributed by atoms with Gasteiger partial charge in [-0.3, -0.25) is 9.59 Å². The molecule has 9 heteroatoms. The van der Waals surface area contributed by atoms with Crippen LogP contribution in [0.5, 0.6) is 0 Å². The Bertz CT molecular complexity index is 1280. The molecule has 0 spiro atoms. The summed E-state index contributed by atoms with van der Waals surface area (Å²) in [6, 6.07) is 7.62. The second kappa shape index (κ2) is 14.5. The molecule has 7 nitrogen and oxygen atoms in total. The van der Waals surface area contributed by atoms with E-state index in [0.29, 0.717) is 29.1 Å². The lowest BCUT2D eigenvalue weighted by Gasteiger charge is -2.34. The molecule has 2 aliphatic rings. The number of thiazole rings is 1. The molecule has 1 fully saturated rings. The number of benzene rings is 1. The number of aromatic nitrogens is 1. The summed E-state index contributed by atoms with van der Waals surface area (Å²) in [4.78, 5) is 45.9. The molecule has 0 radical (unpaired) electrons. The number of rotatable bonds is 9. The van der Waals surface area contributed by atoms with Crippen molar-refractivity contribution in [1.82, 2.24) is 20.1 Å². The number of aryl methyl sites for hydroxylation is 1. The van der Waals surface area contributed by atoms with Crippen LogP contribution >= 0.6 is 22.9 Å². The van der Waals surface area contributed by atoms with Gasteiger partial charge in [0.15, 0.2) is 0 Å². The largest absolute Gasteiger partial charge is 0.331 e. The minimum absolute atomic E-state index is 0.0841. The van der Waals surface area contributed by atoms with E-state index in [0.717, 1.165) is 24.9 Å². The van der Waals surface area contributed by atoms with E-state index in [1.165, 1.54) is 22.1 Å². The van der Waals surface area contributed by atoms with Gasteiger partial charge >= 0.3 is 0 Å². The van der Waals surface area contributed by atoms with Crippen molar-refractivity contribution in [2.75, 3.05) is 20.1 Å². The maximum Gasteiger partial charge on any atom is 0.255 e. The van der Waals surface area contributed by atoms with Gasteiger partial charge in [0.25, 0.3) is 5.91 Å². The van der Waals surface area contributed by atoms with E-state index in [-0.39, 0.29) is 24.3 Å². The highest BCUT2D eigenvalue weighted by molar-refractivity contribution is 7.13. The molecule has 1 aromatic heterocycles. The van der Waals surface area contributed by atoms with E-state index < -0.39 is 12.1 Å². The number of aldehydes is 1. The molecular weight excluding hydrogens is 544 g/mol. The molecule has 1 N–H and O–H groups in total. The lowest BCUT2D eigenvalue weighted by molar-refractivity contribution is -0.146. The number of nitrogens with zero attached hydrogens (tertiary/aromatic N) is 3. The van der Waals surface area contributed by atoms with Crippen LogP contribution in [0.4, 0.5) is 0 Å². The molecule has 2 amide bonds. The predicted molar refractivity (Wildman–Crippen MR) is 163 cm³/mol. The minimum atomic E-state index is -0.623. The van der Waals surface area contributed by atoms with Gasteiger partial charge in [-0.15, -0.1) is 11.3 Å². The molecule has 1 aromatic carbocycles. The first-order chi connectivity index (χ1) is 19.2. The lowest BCUT2D eigenvalue weighted by atomic mass is 10.0. The standard InChI is InChI=1S/C19H25ClN2O3.C12H14N2S/c1-5-14-15(16(20)6-2)10-22(18(14)24)17(12(3)4)19(25)21-9-7-8-13(21)11-23;1-9-12(15-8-14-9)11-5-3-10(4-6-11)7-13-2/h5-6,11-13,17H,1,7-10H2,2-4H3;3-6,8,13H,7H2,1-2H3/b16-6+;. The lowest BCUT2D eigenvalue weighted by Crippen LogP contribution is -2.53. The van der Waals surface area contributed by atoms with Gasteiger partial charge in [0.2, 0.25) is 5.91 Å². The van der Waals surface area contributed by atoms with E-state index in [9.17, 15) is 14.4 Å². The minimum Gasteiger partial charge on any atom is -0.331 e. The van der Waals surface area contributed by atoms with Crippen molar-refractivity contribution in [1.29, 1.82) is 0 Å². The zero-order chi connectivity index (χ0) is 29.4. The van der Waals surface area contributed by atoms with Crippen molar-refractivity contribution in [2.24, 2.45) is 5.92 Å². The van der Waals surface area contributed by atoms with Crippen molar-refractivity contribution < 1.29 is 14.4 Å². The van der Waals surface area contributed by atoms with Crippen molar-refractivity contribution in [3.8, 4) is 10.4 Å². The van der Waals surface area contributed by atoms with Gasteiger partial charge in [-0.1, -0.05) is 68.4 Å². The number of hydrogen-bond acceptors (Lipinski definition) is 6. The third-order valence-corrected chi connectivity index (χ3v) is 8.62. The van der Waals surface area contributed by atoms with Crippen LogP contribution in [-0.2, 0) is 20.9 Å². The summed E-state index contributed by atoms with van der Waals surface area (Å²) in [7, 11) is 1.96. The van der Waals surface area contributed by atoms with Crippen LogP contribution in [0.25, 0.3) is 10.4 Å². The molecule has 0 bridgehead atoms. The Kier molecular flexibility index (Phi) is 11.4. The highest BCUT2D eigenvalue weighted by Gasteiger charge is 2.42. The number of allylic oxidation sites excluding steroid dienone is 1. The predicted octanol–water partition coefficient (Wildman–Crippen LogP) is 5.51. The van der Waals surface area contributed by atoms with Crippen molar-refractivity contribution >= 4 is 41.0 Å². The smallest absolute Gasteiger partial charge is 0.255 e. The molecule has 214 valence electrons. The van der Waals surface area contributed by atoms with Crippen LogP contribution in [0.15, 0.2) is 64.7 Å². The van der Waals surface area contributed by atoms with E-state index in [1.807, 2.05) is 33.3 Å². The zero-order valence-corrected chi connectivity index (χ0v) is 25.5. The number of halogens is 1. The number of carbonyl (C=O) groups is 3. The zero-order valence-electron chi connectivity index (χ0n) is 23.9. The topological polar surface area (TPSA) is 82.6 Å². The number of carbonyl (C=O) groups excluding carboxylic acids is 3. The van der Waals surface area contributed by atoms with E-state index in [1.54, 1.807) is 34.1 Å². The van der Waals surface area contributed by atoms with Crippen LogP contribution in [0, 0.1) is 12.8 Å². The van der Waals surface area contributed by atoms with Crippen molar-refractivity contribution in [3.63, 3.8) is 0 Å². The third-order valence-electron chi connectivity index (χ3n) is 7.19. The summed E-state index contributed by atoms with van der Waals surface area (Å²) in [6.07, 6.45) is 5.53. The van der Waals surface area contributed by atoms with Crippen LogP contribution < -0.4 is 5.32 Å². The second-order valence-corrected chi connectivity index (χ2v) is 11.5. The molecule has 1 saturated heterocycles. The molecule has 0 saturated carbocycles. The monoisotopic (exact) mass is 582 g/mol. The Morgan fingerprint density at radius 2 is 2.00 bits per heavy atom. The average molecular weight is 583 g/mol. The fraction of sp³-hybridized carbons (Fsp3) is 0.419. The SMILES string of the molecule is C=CC1=C(/C(Cl)=C\C)CN(C(C(=O)N2CCCC2C=O)C(C)C)C1=O.CNCc1ccc(-c2scnc2C)cc1. The number of likely N-dealkylation sites (tertiary alicyclic amines) is 1. The first-order valence-electron chi connectivity index (χ1n) is 13.6. The van der Waals surface area contributed by atoms with Gasteiger partial charge < -0.3 is 19.9 Å². The Hall–Kier alpha value is -3.07. The Morgan fingerprint density at radius 1 is 1.30 bits per heavy atom. The quantitative estimate of drug-likeness (QED) is 0.394. The van der Waals surface area contributed by atoms with Crippen LogP contribution in [0.3, 0.4) is 0 Å². The first kappa shape index (κ1) is 31.5. The van der Waals surface area contributed by atoms with E-state index in [2.05, 4.69) is 41.1 Å². The highest BCUT2D eigenvalue weighted by Crippen LogP contribution is 2.32. The van der Waals surface area contributed by atoms with Gasteiger partial charge in [-0.2, -0.15) is 0 Å². The number of amides is 2. The second-order valence-electron chi connectivity index (χ2n) is 10.2. The Morgan fingerprint density at radius 3 is 2.52 bits per heavy atom. The summed E-state index contributed by atoms with van der Waals surface area (Å²) in [5.41, 5.74) is 6.71. The summed E-state index contributed by atoms with van der Waals surface area (Å²) < 4.78 is 0. The maximum absolute atomic E-state index is 13.1. The summed E-state index contributed by atoms with van der Waals surface area (Å²) in [5, 5.41) is 3.63. The summed E-state index contributed by atoms with van der Waals surface area (Å²) >= 11 is 7.94. The van der Waals surface area contributed by atoms with Gasteiger partial charge in [0, 0.05) is 35.8 Å². The molecule has 40 heavy (non-hydrogen) atoms. The fourth-order valence-corrected chi connectivity index (χ4v) is 6.11. The van der Waals surface area contributed by atoms with Crippen LogP contribution in [0.1, 0.15) is 44.9 Å². The van der Waals surface area contributed by atoms with Gasteiger partial charge in [0.1, 0.15) is 12.3 Å². The third kappa shape index (κ3) is 6.97. The van der Waals surface area contributed by atoms with Gasteiger partial charge in [-0.25, -0.2) is 4.98 Å². The maximum atomic E-state index is 13.1. The van der Waals surface area contributed by atoms with Gasteiger partial charge in [0.05, 0.1) is 22.1 Å². The molecule has 4 rings (SSSR count). The van der Waals surface area contributed by atoms with Gasteiger partial charge in [-0.05, 0) is 50.8 Å². The molecule has 2 atom stereocenters. The Balaban J connectivity index is 0.000000249. The fourth-order valence-electron chi connectivity index (χ4n) is 5.14. The van der Waals surface area contributed by atoms with E-state index >= 15 is 0 Å². The molecule has 2 aliphatic heterocycles. The number of nitrogens with one attached hydrogen (secondary N) is 1. The molecule has 2 unspecified atom stereocenters. The van der Waals surface area contributed by atoms with Crippen LogP contribution in [0.2, 0.25) is 0 Å². The van der Waals surface area contributed by atoms with Crippen molar-refractivity contribution in [3.05, 3.63) is 75.9 Å². The van der Waals surface area contributed by atoms with Crippen LogP contribution in [-0.4, -0.2) is 65.1 Å². The number of hydrogen-bond donors (Lipinski definition) is 1. The average Bonchev–Trinajstić information content (AvgIpc) is 3.68. The van der Waals surface area contributed by atoms with E-state index in [4.69, 9.17) is 11.6 Å². The highest BCUT2D eigenvalue weighted by atomic mass is 35.5. The molecule has 2 aromatic rings.